The number of nitrogens with zero attached hydrogens (tertiary/aromatic N) is 3. The Labute approximate surface area is 192 Å². The molecule has 1 unspecified atom stereocenters. The number of rotatable bonds is 6. The van der Waals surface area contributed by atoms with E-state index in [9.17, 15) is 14.4 Å². The lowest BCUT2D eigenvalue weighted by Crippen LogP contribution is -2.33. The van der Waals surface area contributed by atoms with Gasteiger partial charge in [0.25, 0.3) is 17.7 Å². The Morgan fingerprint density at radius 3 is 2.27 bits per heavy atom. The van der Waals surface area contributed by atoms with Crippen LogP contribution in [0.4, 0.5) is 0 Å². The number of imide groups is 1. The van der Waals surface area contributed by atoms with Gasteiger partial charge in [-0.05, 0) is 55.3 Å². The number of hydrogen-bond donors (Lipinski definition) is 0. The lowest BCUT2D eigenvalue weighted by molar-refractivity contribution is 0.0641. The van der Waals surface area contributed by atoms with Gasteiger partial charge in [0.1, 0.15) is 0 Å². The van der Waals surface area contributed by atoms with Crippen molar-refractivity contribution in [2.75, 3.05) is 6.54 Å². The average molecular weight is 437 g/mol. The second-order valence-electron chi connectivity index (χ2n) is 7.94. The third-order valence-electron chi connectivity index (χ3n) is 5.99. The number of benzene rings is 3. The highest BCUT2D eigenvalue weighted by molar-refractivity contribution is 6.22. The maximum atomic E-state index is 13.3. The molecular formula is C27H23N3O3. The number of carbonyl (C=O) groups is 3. The molecule has 6 heteroatoms. The summed E-state index contributed by atoms with van der Waals surface area (Å²) in [6.07, 6.45) is 0. The van der Waals surface area contributed by atoms with E-state index in [2.05, 4.69) is 6.07 Å². The molecular weight excluding hydrogens is 414 g/mol. The largest absolute Gasteiger partial charge is 0.332 e. The first kappa shape index (κ1) is 22.0. The molecule has 1 aliphatic heterocycles. The predicted molar refractivity (Wildman–Crippen MR) is 123 cm³/mol. The number of carbonyl (C=O) groups excluding carboxylic acids is 3. The molecule has 0 saturated carbocycles. The second-order valence-corrected chi connectivity index (χ2v) is 7.94. The van der Waals surface area contributed by atoms with E-state index >= 15 is 0 Å². The lowest BCUT2D eigenvalue weighted by Gasteiger charge is -2.28. The number of hydrogen-bond acceptors (Lipinski definition) is 4. The van der Waals surface area contributed by atoms with Crippen molar-refractivity contribution < 1.29 is 14.4 Å². The average Bonchev–Trinajstić information content (AvgIpc) is 3.09. The van der Waals surface area contributed by atoms with E-state index in [1.54, 1.807) is 29.2 Å². The molecule has 0 bridgehead atoms. The summed E-state index contributed by atoms with van der Waals surface area (Å²) in [7, 11) is 0. The summed E-state index contributed by atoms with van der Waals surface area (Å²) in [5, 5.41) is 9.01. The molecule has 0 saturated heterocycles. The van der Waals surface area contributed by atoms with E-state index in [1.165, 1.54) is 11.0 Å². The smallest absolute Gasteiger partial charge is 0.261 e. The molecule has 164 valence electrons. The monoisotopic (exact) mass is 437 g/mol. The van der Waals surface area contributed by atoms with Gasteiger partial charge in [-0.1, -0.05) is 42.5 Å². The van der Waals surface area contributed by atoms with Crippen LogP contribution in [-0.2, 0) is 6.54 Å². The van der Waals surface area contributed by atoms with Gasteiger partial charge in [0.05, 0.1) is 35.3 Å². The number of fused-ring (bicyclic) bond motifs is 1. The molecule has 6 nitrogen and oxygen atoms in total. The topological polar surface area (TPSA) is 81.5 Å². The summed E-state index contributed by atoms with van der Waals surface area (Å²) < 4.78 is 0. The minimum absolute atomic E-state index is 0.188. The maximum Gasteiger partial charge on any atom is 0.261 e. The minimum atomic E-state index is -0.392. The Bertz CT molecular complexity index is 1260. The van der Waals surface area contributed by atoms with Gasteiger partial charge in [-0.15, -0.1) is 0 Å². The van der Waals surface area contributed by atoms with E-state index in [0.717, 1.165) is 11.1 Å². The summed E-state index contributed by atoms with van der Waals surface area (Å²) in [5.41, 5.74) is 3.25. The van der Waals surface area contributed by atoms with Crippen molar-refractivity contribution in [2.45, 2.75) is 26.4 Å². The standard InChI is InChI=1S/C27H23N3O3/c1-3-29(18(2)21-11-9-19(16-28)10-12-21)25(31)22-13-14-23-24(15-22)27(33)30(26(23)32)17-20-7-5-4-6-8-20/h4-15,18H,3,17H2,1-2H3. The van der Waals surface area contributed by atoms with E-state index in [0.29, 0.717) is 23.2 Å². The van der Waals surface area contributed by atoms with Crippen LogP contribution < -0.4 is 0 Å². The molecule has 3 aromatic rings. The van der Waals surface area contributed by atoms with Crippen molar-refractivity contribution in [3.63, 3.8) is 0 Å². The van der Waals surface area contributed by atoms with Gasteiger partial charge in [-0.2, -0.15) is 5.26 Å². The van der Waals surface area contributed by atoms with Crippen LogP contribution in [0.5, 0.6) is 0 Å². The summed E-state index contributed by atoms with van der Waals surface area (Å²) in [6.45, 7) is 4.46. The van der Waals surface area contributed by atoms with Gasteiger partial charge < -0.3 is 4.90 Å². The highest BCUT2D eigenvalue weighted by atomic mass is 16.2. The molecule has 0 aliphatic carbocycles. The highest BCUT2D eigenvalue weighted by Gasteiger charge is 2.36. The fourth-order valence-electron chi connectivity index (χ4n) is 4.11. The maximum absolute atomic E-state index is 13.3. The third-order valence-corrected chi connectivity index (χ3v) is 5.99. The van der Waals surface area contributed by atoms with Gasteiger partial charge >= 0.3 is 0 Å². The Morgan fingerprint density at radius 1 is 0.970 bits per heavy atom. The Hall–Kier alpha value is -4.24. The molecule has 1 heterocycles. The summed E-state index contributed by atoms with van der Waals surface area (Å²) in [4.78, 5) is 42.1. The van der Waals surface area contributed by atoms with Gasteiger partial charge in [0, 0.05) is 12.1 Å². The Morgan fingerprint density at radius 2 is 1.64 bits per heavy atom. The first-order chi connectivity index (χ1) is 15.9. The van der Waals surface area contributed by atoms with Crippen LogP contribution in [0.2, 0.25) is 0 Å². The van der Waals surface area contributed by atoms with Crippen LogP contribution in [0.3, 0.4) is 0 Å². The van der Waals surface area contributed by atoms with Crippen molar-refractivity contribution >= 4 is 17.7 Å². The van der Waals surface area contributed by atoms with Crippen molar-refractivity contribution in [1.29, 1.82) is 5.26 Å². The zero-order valence-corrected chi connectivity index (χ0v) is 18.5. The summed E-state index contributed by atoms with van der Waals surface area (Å²) in [5.74, 6) is -0.966. The molecule has 4 rings (SSSR count). The van der Waals surface area contributed by atoms with Crippen LogP contribution in [0, 0.1) is 11.3 Å². The lowest BCUT2D eigenvalue weighted by atomic mass is 10.0. The fraction of sp³-hybridized carbons (Fsp3) is 0.185. The Balaban J connectivity index is 1.58. The SMILES string of the molecule is CCN(C(=O)c1ccc2c(c1)C(=O)N(Cc1ccccc1)C2=O)C(C)c1ccc(C#N)cc1. The molecule has 0 aromatic heterocycles. The molecule has 1 aliphatic rings. The van der Waals surface area contributed by atoms with E-state index < -0.39 is 5.91 Å². The first-order valence-electron chi connectivity index (χ1n) is 10.8. The van der Waals surface area contributed by atoms with E-state index in [4.69, 9.17) is 5.26 Å². The molecule has 0 N–H and O–H groups in total. The molecule has 1 atom stereocenters. The zero-order chi connectivity index (χ0) is 23.5. The zero-order valence-electron chi connectivity index (χ0n) is 18.5. The molecule has 0 spiro atoms. The molecule has 3 amide bonds. The van der Waals surface area contributed by atoms with Gasteiger partial charge in [-0.25, -0.2) is 0 Å². The number of amides is 3. The first-order valence-corrected chi connectivity index (χ1v) is 10.8. The second kappa shape index (κ2) is 9.09. The molecule has 3 aromatic carbocycles. The van der Waals surface area contributed by atoms with Crippen molar-refractivity contribution in [1.82, 2.24) is 9.80 Å². The minimum Gasteiger partial charge on any atom is -0.332 e. The molecule has 33 heavy (non-hydrogen) atoms. The van der Waals surface area contributed by atoms with Crippen molar-refractivity contribution in [2.24, 2.45) is 0 Å². The Kier molecular flexibility index (Phi) is 6.05. The molecule has 0 radical (unpaired) electrons. The van der Waals surface area contributed by atoms with E-state index in [1.807, 2.05) is 56.3 Å². The van der Waals surface area contributed by atoms with Crippen LogP contribution in [-0.4, -0.2) is 34.1 Å². The molecule has 0 fully saturated rings. The van der Waals surface area contributed by atoms with Crippen LogP contribution in [0.25, 0.3) is 0 Å². The van der Waals surface area contributed by atoms with Gasteiger partial charge in [0.15, 0.2) is 0 Å². The van der Waals surface area contributed by atoms with Crippen LogP contribution >= 0.6 is 0 Å². The highest BCUT2D eigenvalue weighted by Crippen LogP contribution is 2.28. The van der Waals surface area contributed by atoms with Crippen molar-refractivity contribution in [3.8, 4) is 6.07 Å². The fourth-order valence-corrected chi connectivity index (χ4v) is 4.11. The quantitative estimate of drug-likeness (QED) is 0.529. The summed E-state index contributed by atoms with van der Waals surface area (Å²) in [6, 6.07) is 23.0. The van der Waals surface area contributed by atoms with Gasteiger partial charge in [0.2, 0.25) is 0 Å². The normalized spacial score (nSPS) is 13.4. The summed E-state index contributed by atoms with van der Waals surface area (Å²) >= 11 is 0. The predicted octanol–water partition coefficient (Wildman–Crippen LogP) is 4.58. The van der Waals surface area contributed by atoms with Crippen molar-refractivity contribution in [3.05, 3.63) is 106 Å². The van der Waals surface area contributed by atoms with Crippen LogP contribution in [0.15, 0.2) is 72.8 Å². The van der Waals surface area contributed by atoms with Crippen LogP contribution in [0.1, 0.15) is 67.7 Å². The van der Waals surface area contributed by atoms with Gasteiger partial charge in [-0.3, -0.25) is 19.3 Å². The van der Waals surface area contributed by atoms with E-state index in [-0.39, 0.29) is 30.0 Å². The third kappa shape index (κ3) is 4.13. The number of nitriles is 1.